The van der Waals surface area contributed by atoms with Crippen LogP contribution in [0.4, 0.5) is 5.82 Å². The molecule has 0 aliphatic carbocycles. The smallest absolute Gasteiger partial charge is 0.218 e. The number of nitrogens with zero attached hydrogens (tertiary/aromatic N) is 3. The Bertz CT molecular complexity index is 741. The van der Waals surface area contributed by atoms with Crippen LogP contribution in [0.25, 0.3) is 10.2 Å². The lowest BCUT2D eigenvalue weighted by Gasteiger charge is -2.13. The predicted molar refractivity (Wildman–Crippen MR) is 84.7 cm³/mol. The van der Waals surface area contributed by atoms with Gasteiger partial charge in [0.15, 0.2) is 0 Å². The maximum atomic E-state index is 5.72. The normalized spacial score (nSPS) is 11.0. The van der Waals surface area contributed by atoms with Crippen LogP contribution in [0.1, 0.15) is 19.4 Å². The van der Waals surface area contributed by atoms with Gasteiger partial charge in [-0.05, 0) is 31.4 Å². The Labute approximate surface area is 127 Å². The number of hydrogen-bond acceptors (Lipinski definition) is 6. The maximum Gasteiger partial charge on any atom is 0.218 e. The van der Waals surface area contributed by atoms with Gasteiger partial charge in [-0.25, -0.2) is 15.0 Å². The fraction of sp³-hybridized carbons (Fsp3) is 0.267. The summed E-state index contributed by atoms with van der Waals surface area (Å²) in [5, 5.41) is 6.39. The Morgan fingerprint density at radius 3 is 3.00 bits per heavy atom. The van der Waals surface area contributed by atoms with Crippen molar-refractivity contribution in [2.75, 3.05) is 5.32 Å². The van der Waals surface area contributed by atoms with Gasteiger partial charge in [0.2, 0.25) is 5.88 Å². The number of pyridine rings is 1. The SMILES string of the molecule is CC(C)Oc1ncccc1CNc1ncnc2sccc12. The van der Waals surface area contributed by atoms with Gasteiger partial charge in [-0.2, -0.15) is 0 Å². The molecule has 0 aliphatic heterocycles. The van der Waals surface area contributed by atoms with Gasteiger partial charge < -0.3 is 10.1 Å². The highest BCUT2D eigenvalue weighted by Crippen LogP contribution is 2.25. The summed E-state index contributed by atoms with van der Waals surface area (Å²) in [5.74, 6) is 1.50. The van der Waals surface area contributed by atoms with Crippen molar-refractivity contribution < 1.29 is 4.74 Å². The van der Waals surface area contributed by atoms with Crippen LogP contribution in [0.3, 0.4) is 0 Å². The summed E-state index contributed by atoms with van der Waals surface area (Å²) in [5.41, 5.74) is 1.01. The van der Waals surface area contributed by atoms with Crippen molar-refractivity contribution in [1.82, 2.24) is 15.0 Å². The average Bonchev–Trinajstić information content (AvgIpc) is 2.95. The second kappa shape index (κ2) is 6.05. The van der Waals surface area contributed by atoms with Gasteiger partial charge in [0, 0.05) is 18.3 Å². The molecule has 108 valence electrons. The van der Waals surface area contributed by atoms with E-state index in [1.165, 1.54) is 0 Å². The summed E-state index contributed by atoms with van der Waals surface area (Å²) in [6.45, 7) is 4.59. The van der Waals surface area contributed by atoms with Gasteiger partial charge in [-0.15, -0.1) is 11.3 Å². The van der Waals surface area contributed by atoms with Gasteiger partial charge >= 0.3 is 0 Å². The topological polar surface area (TPSA) is 59.9 Å². The molecule has 0 atom stereocenters. The molecule has 6 heteroatoms. The van der Waals surface area contributed by atoms with Gasteiger partial charge in [-0.1, -0.05) is 6.07 Å². The average molecular weight is 300 g/mol. The summed E-state index contributed by atoms with van der Waals surface area (Å²) in [6, 6.07) is 5.94. The minimum atomic E-state index is 0.0984. The second-order valence-electron chi connectivity index (χ2n) is 4.85. The van der Waals surface area contributed by atoms with Gasteiger partial charge in [0.05, 0.1) is 11.5 Å². The first-order valence-corrected chi connectivity index (χ1v) is 7.64. The molecular weight excluding hydrogens is 284 g/mol. The van der Waals surface area contributed by atoms with Gasteiger partial charge in [0.1, 0.15) is 17.0 Å². The lowest BCUT2D eigenvalue weighted by atomic mass is 10.2. The van der Waals surface area contributed by atoms with E-state index in [1.807, 2.05) is 37.4 Å². The standard InChI is InChI=1S/C15H16N4OS/c1-10(2)20-14-11(4-3-6-16-14)8-17-13-12-5-7-21-15(12)19-9-18-13/h3-7,9-10H,8H2,1-2H3,(H,17,18,19). The molecule has 0 saturated heterocycles. The molecular formula is C15H16N4OS. The van der Waals surface area contributed by atoms with Crippen LogP contribution in [0.2, 0.25) is 0 Å². The molecule has 3 rings (SSSR count). The third kappa shape index (κ3) is 3.11. The third-order valence-corrected chi connectivity index (χ3v) is 3.73. The molecule has 3 heterocycles. The Hall–Kier alpha value is -2.21. The predicted octanol–water partition coefficient (Wildman–Crippen LogP) is 3.49. The molecule has 0 aromatic carbocycles. The number of rotatable bonds is 5. The highest BCUT2D eigenvalue weighted by molar-refractivity contribution is 7.16. The summed E-state index contributed by atoms with van der Waals surface area (Å²) in [4.78, 5) is 13.8. The zero-order valence-corrected chi connectivity index (χ0v) is 12.7. The number of thiophene rings is 1. The van der Waals surface area contributed by atoms with Crippen molar-refractivity contribution in [3.05, 3.63) is 41.7 Å². The molecule has 3 aromatic heterocycles. The van der Waals surface area contributed by atoms with E-state index in [0.29, 0.717) is 12.4 Å². The number of fused-ring (bicyclic) bond motifs is 1. The maximum absolute atomic E-state index is 5.72. The highest BCUT2D eigenvalue weighted by atomic mass is 32.1. The van der Waals surface area contributed by atoms with Crippen LogP contribution in [0.5, 0.6) is 5.88 Å². The molecule has 0 radical (unpaired) electrons. The molecule has 21 heavy (non-hydrogen) atoms. The summed E-state index contributed by atoms with van der Waals surface area (Å²) in [7, 11) is 0. The van der Waals surface area contributed by atoms with Crippen LogP contribution >= 0.6 is 11.3 Å². The van der Waals surface area contributed by atoms with Crippen molar-refractivity contribution in [3.8, 4) is 5.88 Å². The van der Waals surface area contributed by atoms with Crippen molar-refractivity contribution in [2.24, 2.45) is 0 Å². The number of ether oxygens (including phenoxy) is 1. The monoisotopic (exact) mass is 300 g/mol. The van der Waals surface area contributed by atoms with Crippen molar-refractivity contribution in [2.45, 2.75) is 26.5 Å². The van der Waals surface area contributed by atoms with Crippen LogP contribution in [0.15, 0.2) is 36.1 Å². The van der Waals surface area contributed by atoms with Gasteiger partial charge in [0.25, 0.3) is 0 Å². The molecule has 0 unspecified atom stereocenters. The van der Waals surface area contributed by atoms with Crippen molar-refractivity contribution in [3.63, 3.8) is 0 Å². The van der Waals surface area contributed by atoms with Crippen LogP contribution in [-0.4, -0.2) is 21.1 Å². The molecule has 5 nitrogen and oxygen atoms in total. The zero-order chi connectivity index (χ0) is 14.7. The lowest BCUT2D eigenvalue weighted by Crippen LogP contribution is -2.11. The van der Waals surface area contributed by atoms with Gasteiger partial charge in [-0.3, -0.25) is 0 Å². The van der Waals surface area contributed by atoms with E-state index < -0.39 is 0 Å². The molecule has 0 amide bonds. The summed E-state index contributed by atoms with van der Waals surface area (Å²) in [6.07, 6.45) is 3.42. The minimum absolute atomic E-state index is 0.0984. The second-order valence-corrected chi connectivity index (χ2v) is 5.74. The van der Waals surface area contributed by atoms with Crippen LogP contribution in [-0.2, 0) is 6.54 Å². The minimum Gasteiger partial charge on any atom is -0.475 e. The first-order valence-electron chi connectivity index (χ1n) is 6.76. The third-order valence-electron chi connectivity index (χ3n) is 2.91. The lowest BCUT2D eigenvalue weighted by molar-refractivity contribution is 0.230. The van der Waals surface area contributed by atoms with E-state index in [-0.39, 0.29) is 6.10 Å². The van der Waals surface area contributed by atoms with E-state index >= 15 is 0 Å². The van der Waals surface area contributed by atoms with E-state index in [2.05, 4.69) is 20.3 Å². The number of nitrogens with one attached hydrogen (secondary N) is 1. The van der Waals surface area contributed by atoms with Crippen LogP contribution in [0, 0.1) is 0 Å². The molecule has 0 saturated carbocycles. The molecule has 0 aliphatic rings. The summed E-state index contributed by atoms with van der Waals surface area (Å²) < 4.78 is 5.72. The fourth-order valence-electron chi connectivity index (χ4n) is 2.00. The molecule has 0 spiro atoms. The number of hydrogen-bond donors (Lipinski definition) is 1. The quantitative estimate of drug-likeness (QED) is 0.781. The fourth-order valence-corrected chi connectivity index (χ4v) is 2.73. The first kappa shape index (κ1) is 13.8. The van der Waals surface area contributed by atoms with Crippen molar-refractivity contribution in [1.29, 1.82) is 0 Å². The molecule has 0 fully saturated rings. The van der Waals surface area contributed by atoms with E-state index in [1.54, 1.807) is 23.9 Å². The summed E-state index contributed by atoms with van der Waals surface area (Å²) >= 11 is 1.61. The Balaban J connectivity index is 1.80. The number of anilines is 1. The molecule has 3 aromatic rings. The van der Waals surface area contributed by atoms with Crippen molar-refractivity contribution >= 4 is 27.4 Å². The number of aromatic nitrogens is 3. The molecule has 1 N–H and O–H groups in total. The molecule has 0 bridgehead atoms. The van der Waals surface area contributed by atoms with E-state index in [9.17, 15) is 0 Å². The van der Waals surface area contributed by atoms with Crippen LogP contribution < -0.4 is 10.1 Å². The highest BCUT2D eigenvalue weighted by Gasteiger charge is 2.09. The Kier molecular flexibility index (Phi) is 3.96. The zero-order valence-electron chi connectivity index (χ0n) is 11.9. The Morgan fingerprint density at radius 1 is 1.24 bits per heavy atom. The van der Waals surface area contributed by atoms with E-state index in [0.717, 1.165) is 21.6 Å². The Morgan fingerprint density at radius 2 is 2.14 bits per heavy atom. The largest absolute Gasteiger partial charge is 0.475 e. The van der Waals surface area contributed by atoms with E-state index in [4.69, 9.17) is 4.74 Å². The first-order chi connectivity index (χ1) is 10.2.